The van der Waals surface area contributed by atoms with E-state index in [0.717, 1.165) is 10.5 Å². The molecule has 6 heteroatoms. The van der Waals surface area contributed by atoms with Crippen molar-refractivity contribution in [1.29, 1.82) is 0 Å². The number of barbiturate groups is 1. The van der Waals surface area contributed by atoms with Crippen molar-refractivity contribution >= 4 is 29.4 Å². The van der Waals surface area contributed by atoms with E-state index in [-0.39, 0.29) is 12.5 Å². The van der Waals surface area contributed by atoms with Gasteiger partial charge in [-0.15, -0.1) is 0 Å². The van der Waals surface area contributed by atoms with Crippen molar-refractivity contribution in [2.24, 2.45) is 11.8 Å². The van der Waals surface area contributed by atoms with Crippen LogP contribution in [0.2, 0.25) is 5.02 Å². The topological polar surface area (TPSA) is 66.5 Å². The Labute approximate surface area is 121 Å². The number of amides is 4. The molecule has 0 saturated carbocycles. The van der Waals surface area contributed by atoms with Crippen molar-refractivity contribution in [2.75, 3.05) is 0 Å². The van der Waals surface area contributed by atoms with E-state index < -0.39 is 23.8 Å². The molecule has 1 aliphatic heterocycles. The fraction of sp³-hybridized carbons (Fsp3) is 0.357. The maximum absolute atomic E-state index is 12.3. The minimum atomic E-state index is -0.819. The first-order valence-corrected chi connectivity index (χ1v) is 6.68. The Morgan fingerprint density at radius 1 is 1.20 bits per heavy atom. The minimum Gasteiger partial charge on any atom is -0.277 e. The maximum Gasteiger partial charge on any atom is 0.331 e. The highest BCUT2D eigenvalue weighted by Crippen LogP contribution is 2.21. The van der Waals surface area contributed by atoms with Crippen molar-refractivity contribution in [3.63, 3.8) is 0 Å². The molecule has 1 atom stereocenters. The smallest absolute Gasteiger partial charge is 0.277 e. The van der Waals surface area contributed by atoms with Crippen molar-refractivity contribution in [2.45, 2.75) is 20.4 Å². The van der Waals surface area contributed by atoms with Crippen LogP contribution in [-0.4, -0.2) is 22.7 Å². The maximum atomic E-state index is 12.3. The third-order valence-corrected chi connectivity index (χ3v) is 3.46. The molecule has 1 heterocycles. The van der Waals surface area contributed by atoms with Crippen LogP contribution in [0.5, 0.6) is 0 Å². The number of imide groups is 2. The van der Waals surface area contributed by atoms with Crippen molar-refractivity contribution in [3.8, 4) is 0 Å². The summed E-state index contributed by atoms with van der Waals surface area (Å²) in [5.41, 5.74) is 0.773. The number of urea groups is 1. The van der Waals surface area contributed by atoms with Gasteiger partial charge < -0.3 is 0 Å². The number of hydrogen-bond donors (Lipinski definition) is 1. The number of carbonyl (C=O) groups excluding carboxylic acids is 3. The van der Waals surface area contributed by atoms with Gasteiger partial charge in [-0.25, -0.2) is 4.79 Å². The van der Waals surface area contributed by atoms with Gasteiger partial charge in [-0.05, 0) is 23.6 Å². The summed E-state index contributed by atoms with van der Waals surface area (Å²) in [5, 5.41) is 2.81. The molecule has 0 aromatic heterocycles. The van der Waals surface area contributed by atoms with Gasteiger partial charge in [-0.1, -0.05) is 37.6 Å². The zero-order chi connectivity index (χ0) is 14.9. The Hall–Kier alpha value is -1.88. The van der Waals surface area contributed by atoms with Gasteiger partial charge in [-0.3, -0.25) is 19.8 Å². The predicted octanol–water partition coefficient (Wildman–Crippen LogP) is 2.19. The van der Waals surface area contributed by atoms with Crippen LogP contribution in [0.3, 0.4) is 0 Å². The van der Waals surface area contributed by atoms with E-state index >= 15 is 0 Å². The molecule has 0 bridgehead atoms. The Balaban J connectivity index is 2.21. The zero-order valence-corrected chi connectivity index (χ0v) is 12.0. The van der Waals surface area contributed by atoms with Crippen LogP contribution in [0.15, 0.2) is 24.3 Å². The van der Waals surface area contributed by atoms with Gasteiger partial charge in [-0.2, -0.15) is 0 Å². The number of nitrogens with one attached hydrogen (secondary N) is 1. The fourth-order valence-electron chi connectivity index (χ4n) is 2.14. The molecule has 2 rings (SSSR count). The second kappa shape index (κ2) is 5.63. The summed E-state index contributed by atoms with van der Waals surface area (Å²) in [6, 6.07) is 6.18. The third kappa shape index (κ3) is 2.82. The highest BCUT2D eigenvalue weighted by atomic mass is 35.5. The molecule has 1 saturated heterocycles. The predicted molar refractivity (Wildman–Crippen MR) is 73.9 cm³/mol. The molecule has 1 aromatic rings. The van der Waals surface area contributed by atoms with E-state index in [1.54, 1.807) is 38.1 Å². The lowest BCUT2D eigenvalue weighted by Gasteiger charge is -2.31. The molecule has 1 aromatic carbocycles. The molecule has 4 amide bonds. The molecular weight excluding hydrogens is 280 g/mol. The molecule has 1 fully saturated rings. The number of nitrogens with zero attached hydrogens (tertiary/aromatic N) is 1. The van der Waals surface area contributed by atoms with Gasteiger partial charge in [0.2, 0.25) is 11.8 Å². The van der Waals surface area contributed by atoms with E-state index in [1.165, 1.54) is 0 Å². The Bertz CT molecular complexity index is 554. The van der Waals surface area contributed by atoms with Crippen molar-refractivity contribution in [1.82, 2.24) is 10.2 Å². The molecular formula is C14H15ClN2O3. The summed E-state index contributed by atoms with van der Waals surface area (Å²) < 4.78 is 0. The molecule has 106 valence electrons. The van der Waals surface area contributed by atoms with E-state index in [2.05, 4.69) is 5.32 Å². The summed E-state index contributed by atoms with van der Waals surface area (Å²) in [6.07, 6.45) is 0. The number of benzene rings is 1. The van der Waals surface area contributed by atoms with Crippen LogP contribution in [0.25, 0.3) is 0 Å². The highest BCUT2D eigenvalue weighted by molar-refractivity contribution is 6.30. The van der Waals surface area contributed by atoms with Crippen molar-refractivity contribution < 1.29 is 14.4 Å². The highest BCUT2D eigenvalue weighted by Gasteiger charge is 2.41. The first kappa shape index (κ1) is 14.5. The van der Waals surface area contributed by atoms with E-state index in [4.69, 9.17) is 11.6 Å². The van der Waals surface area contributed by atoms with E-state index in [1.807, 2.05) is 0 Å². The molecule has 20 heavy (non-hydrogen) atoms. The summed E-state index contributed by atoms with van der Waals surface area (Å²) >= 11 is 5.79. The largest absolute Gasteiger partial charge is 0.331 e. The SMILES string of the molecule is CC(C)C1C(=O)NC(=O)N(Cc2ccc(Cl)cc2)C1=O. The number of halogens is 1. The zero-order valence-electron chi connectivity index (χ0n) is 11.2. The van der Waals surface area contributed by atoms with E-state index in [0.29, 0.717) is 5.02 Å². The summed E-state index contributed by atoms with van der Waals surface area (Å²) in [4.78, 5) is 36.8. The monoisotopic (exact) mass is 294 g/mol. The van der Waals surface area contributed by atoms with Gasteiger partial charge in [0.25, 0.3) is 0 Å². The summed E-state index contributed by atoms with van der Waals surface area (Å²) in [7, 11) is 0. The number of carbonyl (C=O) groups is 3. The molecule has 1 aliphatic rings. The first-order valence-electron chi connectivity index (χ1n) is 6.31. The molecule has 1 unspecified atom stereocenters. The second-order valence-corrected chi connectivity index (χ2v) is 5.50. The average molecular weight is 295 g/mol. The van der Waals surface area contributed by atoms with Crippen LogP contribution in [0.4, 0.5) is 4.79 Å². The molecule has 5 nitrogen and oxygen atoms in total. The van der Waals surface area contributed by atoms with Gasteiger partial charge in [0.15, 0.2) is 0 Å². The summed E-state index contributed by atoms with van der Waals surface area (Å²) in [6.45, 7) is 3.68. The second-order valence-electron chi connectivity index (χ2n) is 5.07. The minimum absolute atomic E-state index is 0.123. The van der Waals surface area contributed by atoms with Gasteiger partial charge >= 0.3 is 6.03 Å². The van der Waals surface area contributed by atoms with Gasteiger partial charge in [0.05, 0.1) is 6.54 Å². The number of rotatable bonds is 3. The van der Waals surface area contributed by atoms with Crippen LogP contribution >= 0.6 is 11.6 Å². The van der Waals surface area contributed by atoms with E-state index in [9.17, 15) is 14.4 Å². The van der Waals surface area contributed by atoms with Crippen LogP contribution < -0.4 is 5.32 Å². The Morgan fingerprint density at radius 2 is 1.80 bits per heavy atom. The molecule has 1 N–H and O–H groups in total. The molecule has 0 spiro atoms. The quantitative estimate of drug-likeness (QED) is 0.869. The lowest BCUT2D eigenvalue weighted by molar-refractivity contribution is -0.144. The Kier molecular flexibility index (Phi) is 4.09. The lowest BCUT2D eigenvalue weighted by atomic mass is 9.92. The number of hydrogen-bond acceptors (Lipinski definition) is 3. The van der Waals surface area contributed by atoms with Gasteiger partial charge in [0, 0.05) is 5.02 Å². The third-order valence-electron chi connectivity index (χ3n) is 3.21. The first-order chi connectivity index (χ1) is 9.40. The molecule has 0 aliphatic carbocycles. The molecule has 0 radical (unpaired) electrons. The van der Waals surface area contributed by atoms with Gasteiger partial charge in [0.1, 0.15) is 5.92 Å². The fourth-order valence-corrected chi connectivity index (χ4v) is 2.27. The Morgan fingerprint density at radius 3 is 2.35 bits per heavy atom. The normalized spacial score (nSPS) is 19.5. The average Bonchev–Trinajstić information content (AvgIpc) is 2.36. The van der Waals surface area contributed by atoms with Crippen LogP contribution in [0, 0.1) is 11.8 Å². The summed E-state index contributed by atoms with van der Waals surface area (Å²) in [5.74, 6) is -1.96. The van der Waals surface area contributed by atoms with Crippen molar-refractivity contribution in [3.05, 3.63) is 34.9 Å². The lowest BCUT2D eigenvalue weighted by Crippen LogP contribution is -2.58. The van der Waals surface area contributed by atoms with Crippen LogP contribution in [-0.2, 0) is 16.1 Å². The van der Waals surface area contributed by atoms with Crippen LogP contribution in [0.1, 0.15) is 19.4 Å². The standard InChI is InChI=1S/C14H15ClN2O3/c1-8(2)11-12(18)16-14(20)17(13(11)19)7-9-3-5-10(15)6-4-9/h3-6,8,11H,7H2,1-2H3,(H,16,18,20).